The first-order chi connectivity index (χ1) is 8.61. The van der Waals surface area contributed by atoms with E-state index in [4.69, 9.17) is 4.52 Å². The van der Waals surface area contributed by atoms with Gasteiger partial charge < -0.3 is 9.84 Å². The largest absolute Gasteiger partial charge is 0.339 e. The molecule has 18 heavy (non-hydrogen) atoms. The van der Waals surface area contributed by atoms with Crippen LogP contribution in [0.2, 0.25) is 0 Å². The van der Waals surface area contributed by atoms with Crippen molar-refractivity contribution in [2.75, 3.05) is 13.6 Å². The number of likely N-dealkylation sites (tertiary alicyclic amines) is 1. The van der Waals surface area contributed by atoms with Crippen LogP contribution in [0.1, 0.15) is 51.4 Å². The van der Waals surface area contributed by atoms with Crippen molar-refractivity contribution in [2.24, 2.45) is 0 Å². The molecule has 0 radical (unpaired) electrons. The second-order valence-electron chi connectivity index (χ2n) is 5.43. The molecule has 1 aromatic heterocycles. The molecule has 2 unspecified atom stereocenters. The SMILES string of the molecule is CNC(C)Cc1nc(C2CCCN2C(C)C)no1. The topological polar surface area (TPSA) is 54.2 Å². The van der Waals surface area contributed by atoms with Crippen molar-refractivity contribution in [3.05, 3.63) is 11.7 Å². The molecule has 0 bridgehead atoms. The van der Waals surface area contributed by atoms with Crippen LogP contribution in [0.15, 0.2) is 4.52 Å². The van der Waals surface area contributed by atoms with E-state index in [9.17, 15) is 0 Å². The van der Waals surface area contributed by atoms with E-state index < -0.39 is 0 Å². The number of rotatable bonds is 5. The first kappa shape index (κ1) is 13.5. The summed E-state index contributed by atoms with van der Waals surface area (Å²) < 4.78 is 5.35. The van der Waals surface area contributed by atoms with Crippen molar-refractivity contribution in [3.8, 4) is 0 Å². The smallest absolute Gasteiger partial charge is 0.228 e. The molecule has 0 aliphatic carbocycles. The van der Waals surface area contributed by atoms with E-state index >= 15 is 0 Å². The van der Waals surface area contributed by atoms with Crippen LogP contribution in [-0.4, -0.2) is 40.7 Å². The summed E-state index contributed by atoms with van der Waals surface area (Å²) in [4.78, 5) is 7.01. The summed E-state index contributed by atoms with van der Waals surface area (Å²) in [5.74, 6) is 1.60. The molecule has 102 valence electrons. The predicted molar refractivity (Wildman–Crippen MR) is 70.3 cm³/mol. The van der Waals surface area contributed by atoms with E-state index in [2.05, 4.69) is 41.1 Å². The number of likely N-dealkylation sites (N-methyl/N-ethyl adjacent to an activating group) is 1. The summed E-state index contributed by atoms with van der Waals surface area (Å²) in [7, 11) is 1.94. The molecular weight excluding hydrogens is 228 g/mol. The Balaban J connectivity index is 2.05. The van der Waals surface area contributed by atoms with E-state index in [0.717, 1.165) is 31.1 Å². The van der Waals surface area contributed by atoms with Crippen LogP contribution in [-0.2, 0) is 6.42 Å². The van der Waals surface area contributed by atoms with Gasteiger partial charge >= 0.3 is 0 Å². The average molecular weight is 252 g/mol. The fourth-order valence-corrected chi connectivity index (χ4v) is 2.53. The van der Waals surface area contributed by atoms with Gasteiger partial charge in [-0.25, -0.2) is 0 Å². The van der Waals surface area contributed by atoms with Gasteiger partial charge in [0.05, 0.1) is 6.04 Å². The average Bonchev–Trinajstić information content (AvgIpc) is 2.95. The Morgan fingerprint density at radius 1 is 1.44 bits per heavy atom. The van der Waals surface area contributed by atoms with Gasteiger partial charge in [0.1, 0.15) is 0 Å². The van der Waals surface area contributed by atoms with Crippen LogP contribution >= 0.6 is 0 Å². The fraction of sp³-hybridized carbons (Fsp3) is 0.846. The zero-order chi connectivity index (χ0) is 13.1. The monoisotopic (exact) mass is 252 g/mol. The zero-order valence-electron chi connectivity index (χ0n) is 11.8. The summed E-state index contributed by atoms with van der Waals surface area (Å²) in [5.41, 5.74) is 0. The zero-order valence-corrected chi connectivity index (χ0v) is 11.8. The van der Waals surface area contributed by atoms with Gasteiger partial charge in [-0.1, -0.05) is 5.16 Å². The maximum absolute atomic E-state index is 5.35. The van der Waals surface area contributed by atoms with E-state index in [1.807, 2.05) is 7.05 Å². The molecule has 1 N–H and O–H groups in total. The van der Waals surface area contributed by atoms with Crippen molar-refractivity contribution >= 4 is 0 Å². The second kappa shape index (κ2) is 5.80. The maximum atomic E-state index is 5.35. The van der Waals surface area contributed by atoms with Crippen molar-refractivity contribution in [3.63, 3.8) is 0 Å². The fourth-order valence-electron chi connectivity index (χ4n) is 2.53. The quantitative estimate of drug-likeness (QED) is 0.865. The predicted octanol–water partition coefficient (Wildman–Crippen LogP) is 1.77. The first-order valence-corrected chi connectivity index (χ1v) is 6.87. The van der Waals surface area contributed by atoms with Crippen LogP contribution < -0.4 is 5.32 Å². The van der Waals surface area contributed by atoms with E-state index in [0.29, 0.717) is 18.1 Å². The van der Waals surface area contributed by atoms with Gasteiger partial charge in [-0.3, -0.25) is 4.90 Å². The van der Waals surface area contributed by atoms with Crippen LogP contribution in [0.3, 0.4) is 0 Å². The highest BCUT2D eigenvalue weighted by atomic mass is 16.5. The minimum absolute atomic E-state index is 0.340. The lowest BCUT2D eigenvalue weighted by Gasteiger charge is -2.25. The maximum Gasteiger partial charge on any atom is 0.228 e. The minimum atomic E-state index is 0.340. The molecule has 2 rings (SSSR count). The lowest BCUT2D eigenvalue weighted by atomic mass is 10.2. The third-order valence-electron chi connectivity index (χ3n) is 3.71. The van der Waals surface area contributed by atoms with Crippen molar-refractivity contribution in [2.45, 2.75) is 58.2 Å². The highest BCUT2D eigenvalue weighted by molar-refractivity contribution is 4.99. The standard InChI is InChI=1S/C13H24N4O/c1-9(2)17-7-5-6-11(17)13-15-12(18-16-13)8-10(3)14-4/h9-11,14H,5-8H2,1-4H3. The summed E-state index contributed by atoms with van der Waals surface area (Å²) in [5, 5.41) is 7.34. The Bertz CT molecular complexity index is 377. The summed E-state index contributed by atoms with van der Waals surface area (Å²) in [6, 6.07) is 1.24. The summed E-state index contributed by atoms with van der Waals surface area (Å²) in [6.07, 6.45) is 3.15. The molecule has 1 saturated heterocycles. The highest BCUT2D eigenvalue weighted by Crippen LogP contribution is 2.31. The van der Waals surface area contributed by atoms with Crippen LogP contribution in [0.5, 0.6) is 0 Å². The minimum Gasteiger partial charge on any atom is -0.339 e. The Morgan fingerprint density at radius 2 is 2.22 bits per heavy atom. The number of nitrogens with one attached hydrogen (secondary N) is 1. The molecule has 0 saturated carbocycles. The Hall–Kier alpha value is -0.940. The highest BCUT2D eigenvalue weighted by Gasteiger charge is 2.31. The van der Waals surface area contributed by atoms with Crippen LogP contribution in [0, 0.1) is 0 Å². The van der Waals surface area contributed by atoms with E-state index in [-0.39, 0.29) is 0 Å². The van der Waals surface area contributed by atoms with Gasteiger partial charge in [0.15, 0.2) is 5.82 Å². The molecule has 0 spiro atoms. The number of aromatic nitrogens is 2. The van der Waals surface area contributed by atoms with Crippen LogP contribution in [0.4, 0.5) is 0 Å². The summed E-state index contributed by atoms with van der Waals surface area (Å²) in [6.45, 7) is 7.70. The number of nitrogens with zero attached hydrogens (tertiary/aromatic N) is 3. The van der Waals surface area contributed by atoms with Gasteiger partial charge in [0.25, 0.3) is 0 Å². The molecule has 2 atom stereocenters. The number of hydrogen-bond acceptors (Lipinski definition) is 5. The normalized spacial score (nSPS) is 22.8. The Kier molecular flexibility index (Phi) is 4.35. The molecule has 1 aliphatic heterocycles. The van der Waals surface area contributed by atoms with Crippen LogP contribution in [0.25, 0.3) is 0 Å². The molecule has 0 aromatic carbocycles. The molecule has 1 aromatic rings. The Labute approximate surface area is 109 Å². The van der Waals surface area contributed by atoms with Gasteiger partial charge in [-0.15, -0.1) is 0 Å². The third kappa shape index (κ3) is 2.90. The number of hydrogen-bond donors (Lipinski definition) is 1. The van der Waals surface area contributed by atoms with E-state index in [1.165, 1.54) is 6.42 Å². The van der Waals surface area contributed by atoms with Gasteiger partial charge in [0, 0.05) is 18.5 Å². The third-order valence-corrected chi connectivity index (χ3v) is 3.71. The molecule has 2 heterocycles. The van der Waals surface area contributed by atoms with Gasteiger partial charge in [-0.05, 0) is 47.2 Å². The lowest BCUT2D eigenvalue weighted by molar-refractivity contribution is 0.195. The molecule has 1 fully saturated rings. The van der Waals surface area contributed by atoms with Gasteiger partial charge in [0.2, 0.25) is 5.89 Å². The van der Waals surface area contributed by atoms with Gasteiger partial charge in [-0.2, -0.15) is 4.98 Å². The molecule has 1 aliphatic rings. The molecular formula is C13H24N4O. The first-order valence-electron chi connectivity index (χ1n) is 6.87. The van der Waals surface area contributed by atoms with E-state index in [1.54, 1.807) is 0 Å². The second-order valence-corrected chi connectivity index (χ2v) is 5.43. The lowest BCUT2D eigenvalue weighted by Crippen LogP contribution is -2.30. The molecule has 0 amide bonds. The molecule has 5 heteroatoms. The van der Waals surface area contributed by atoms with Crippen molar-refractivity contribution < 1.29 is 4.52 Å². The molecule has 5 nitrogen and oxygen atoms in total. The van der Waals surface area contributed by atoms with Crippen molar-refractivity contribution in [1.82, 2.24) is 20.4 Å². The summed E-state index contributed by atoms with van der Waals surface area (Å²) >= 11 is 0. The van der Waals surface area contributed by atoms with Crippen molar-refractivity contribution in [1.29, 1.82) is 0 Å². The Morgan fingerprint density at radius 3 is 2.89 bits per heavy atom.